The lowest BCUT2D eigenvalue weighted by molar-refractivity contribution is -0.139. The second-order valence-electron chi connectivity index (χ2n) is 5.49. The van der Waals surface area contributed by atoms with Gasteiger partial charge in [-0.1, -0.05) is 19.9 Å². The normalized spacial score (nSPS) is 18.5. The lowest BCUT2D eigenvalue weighted by atomic mass is 9.96. The second kappa shape index (κ2) is 6.69. The van der Waals surface area contributed by atoms with Gasteiger partial charge in [0.1, 0.15) is 11.9 Å². The topological polar surface area (TPSA) is 18.5 Å². The van der Waals surface area contributed by atoms with Crippen molar-refractivity contribution in [3.05, 3.63) is 29.3 Å². The van der Waals surface area contributed by atoms with Crippen LogP contribution >= 0.6 is 0 Å². The molecule has 1 aliphatic heterocycles. The van der Waals surface area contributed by atoms with Crippen LogP contribution in [0.2, 0.25) is 0 Å². The predicted molar refractivity (Wildman–Crippen MR) is 74.6 cm³/mol. The monoisotopic (exact) mass is 302 g/mol. The first kappa shape index (κ1) is 16.1. The molecule has 0 spiro atoms. The first-order valence-corrected chi connectivity index (χ1v) is 7.37. The van der Waals surface area contributed by atoms with E-state index < -0.39 is 11.7 Å². The summed E-state index contributed by atoms with van der Waals surface area (Å²) < 4.78 is 50.5. The Morgan fingerprint density at radius 1 is 1.29 bits per heavy atom. The molecule has 0 saturated carbocycles. The molecule has 1 unspecified atom stereocenters. The average Bonchev–Trinajstić information content (AvgIpc) is 2.47. The van der Waals surface area contributed by atoms with E-state index in [9.17, 15) is 13.2 Å². The van der Waals surface area contributed by atoms with E-state index in [2.05, 4.69) is 0 Å². The van der Waals surface area contributed by atoms with Crippen LogP contribution in [0.25, 0.3) is 0 Å². The minimum atomic E-state index is -4.40. The van der Waals surface area contributed by atoms with Gasteiger partial charge in [-0.3, -0.25) is 0 Å². The lowest BCUT2D eigenvalue weighted by Crippen LogP contribution is -2.27. The van der Waals surface area contributed by atoms with Crippen LogP contribution in [0.4, 0.5) is 13.2 Å². The Morgan fingerprint density at radius 3 is 2.52 bits per heavy atom. The highest BCUT2D eigenvalue weighted by molar-refractivity contribution is 5.40. The molecule has 0 bridgehead atoms. The molecule has 1 heterocycles. The van der Waals surface area contributed by atoms with Gasteiger partial charge in [-0.25, -0.2) is 0 Å². The van der Waals surface area contributed by atoms with E-state index in [1.165, 1.54) is 12.1 Å². The number of hydrogen-bond acceptors (Lipinski definition) is 2. The van der Waals surface area contributed by atoms with E-state index in [0.29, 0.717) is 31.6 Å². The molecule has 2 rings (SSSR count). The summed E-state index contributed by atoms with van der Waals surface area (Å²) in [6.45, 7) is 4.97. The van der Waals surface area contributed by atoms with E-state index >= 15 is 0 Å². The number of benzene rings is 1. The molecule has 1 aromatic rings. The molecule has 2 nitrogen and oxygen atoms in total. The molecule has 0 aliphatic carbocycles. The van der Waals surface area contributed by atoms with Gasteiger partial charge >= 0.3 is 6.18 Å². The van der Waals surface area contributed by atoms with Crippen molar-refractivity contribution >= 4 is 0 Å². The Balaban J connectivity index is 2.26. The third kappa shape index (κ3) is 4.13. The fraction of sp³-hybridized carbons (Fsp3) is 0.625. The minimum Gasteiger partial charge on any atom is -0.490 e. The standard InChI is InChI=1S/C16H21F3O2/c1-3-11(2)12-4-5-15(14(10-12)16(17,18)19)21-13-6-8-20-9-7-13/h4-5,10-11,13H,3,6-9H2,1-2H3. The molecule has 0 aromatic heterocycles. The molecular formula is C16H21F3O2. The highest BCUT2D eigenvalue weighted by Gasteiger charge is 2.35. The van der Waals surface area contributed by atoms with Crippen LogP contribution in [0.15, 0.2) is 18.2 Å². The van der Waals surface area contributed by atoms with E-state index in [1.807, 2.05) is 13.8 Å². The molecule has 1 saturated heterocycles. The van der Waals surface area contributed by atoms with Crippen molar-refractivity contribution in [1.29, 1.82) is 0 Å². The summed E-state index contributed by atoms with van der Waals surface area (Å²) >= 11 is 0. The van der Waals surface area contributed by atoms with Crippen LogP contribution in [0, 0.1) is 0 Å². The van der Waals surface area contributed by atoms with Crippen molar-refractivity contribution in [1.82, 2.24) is 0 Å². The third-order valence-electron chi connectivity index (χ3n) is 3.95. The van der Waals surface area contributed by atoms with Crippen molar-refractivity contribution in [3.8, 4) is 5.75 Å². The first-order valence-electron chi connectivity index (χ1n) is 7.37. The molecule has 5 heteroatoms. The summed E-state index contributed by atoms with van der Waals surface area (Å²) in [6, 6.07) is 4.42. The van der Waals surface area contributed by atoms with Gasteiger partial charge in [0.05, 0.1) is 18.8 Å². The summed E-state index contributed by atoms with van der Waals surface area (Å²) in [7, 11) is 0. The van der Waals surface area contributed by atoms with Gasteiger partial charge < -0.3 is 9.47 Å². The van der Waals surface area contributed by atoms with Crippen molar-refractivity contribution in [2.45, 2.75) is 51.3 Å². The van der Waals surface area contributed by atoms with Crippen molar-refractivity contribution in [3.63, 3.8) is 0 Å². The second-order valence-corrected chi connectivity index (χ2v) is 5.49. The molecule has 0 amide bonds. The van der Waals surface area contributed by atoms with Crippen LogP contribution < -0.4 is 4.74 Å². The van der Waals surface area contributed by atoms with Gasteiger partial charge in [-0.2, -0.15) is 13.2 Å². The zero-order chi connectivity index (χ0) is 15.5. The van der Waals surface area contributed by atoms with Crippen molar-refractivity contribution < 1.29 is 22.6 Å². The van der Waals surface area contributed by atoms with Crippen LogP contribution in [0.5, 0.6) is 5.75 Å². The maximum atomic E-state index is 13.2. The Morgan fingerprint density at radius 2 is 1.95 bits per heavy atom. The van der Waals surface area contributed by atoms with E-state index in [-0.39, 0.29) is 17.8 Å². The summed E-state index contributed by atoms with van der Waals surface area (Å²) in [6.07, 6.45) is -2.54. The Bertz CT molecular complexity index is 465. The zero-order valence-corrected chi connectivity index (χ0v) is 12.4. The molecular weight excluding hydrogens is 281 g/mol. The van der Waals surface area contributed by atoms with Gasteiger partial charge in [0.15, 0.2) is 0 Å². The lowest BCUT2D eigenvalue weighted by Gasteiger charge is -2.25. The van der Waals surface area contributed by atoms with Gasteiger partial charge in [0, 0.05) is 12.8 Å². The molecule has 1 atom stereocenters. The van der Waals surface area contributed by atoms with Crippen LogP contribution in [-0.2, 0) is 10.9 Å². The summed E-state index contributed by atoms with van der Waals surface area (Å²) in [5.74, 6) is 0.0321. The van der Waals surface area contributed by atoms with Crippen LogP contribution in [-0.4, -0.2) is 19.3 Å². The molecule has 21 heavy (non-hydrogen) atoms. The molecule has 118 valence electrons. The Kier molecular flexibility index (Phi) is 5.14. The van der Waals surface area contributed by atoms with Crippen molar-refractivity contribution in [2.75, 3.05) is 13.2 Å². The Hall–Kier alpha value is -1.23. The third-order valence-corrected chi connectivity index (χ3v) is 3.95. The van der Waals surface area contributed by atoms with E-state index in [4.69, 9.17) is 9.47 Å². The predicted octanol–water partition coefficient (Wildman–Crippen LogP) is 4.78. The number of alkyl halides is 3. The van der Waals surface area contributed by atoms with Crippen molar-refractivity contribution in [2.24, 2.45) is 0 Å². The number of hydrogen-bond donors (Lipinski definition) is 0. The average molecular weight is 302 g/mol. The highest BCUT2D eigenvalue weighted by atomic mass is 19.4. The smallest absolute Gasteiger partial charge is 0.419 e. The van der Waals surface area contributed by atoms with Gasteiger partial charge in [-0.15, -0.1) is 0 Å². The maximum Gasteiger partial charge on any atom is 0.419 e. The maximum absolute atomic E-state index is 13.2. The zero-order valence-electron chi connectivity index (χ0n) is 12.4. The van der Waals surface area contributed by atoms with Crippen LogP contribution in [0.1, 0.15) is 50.2 Å². The SMILES string of the molecule is CCC(C)c1ccc(OC2CCOCC2)c(C(F)(F)F)c1. The van der Waals surface area contributed by atoms with E-state index in [0.717, 1.165) is 6.42 Å². The summed E-state index contributed by atoms with van der Waals surface area (Å²) in [5.41, 5.74) is 0.0240. The molecule has 0 N–H and O–H groups in total. The van der Waals surface area contributed by atoms with E-state index in [1.54, 1.807) is 6.07 Å². The fourth-order valence-electron chi connectivity index (χ4n) is 2.39. The van der Waals surface area contributed by atoms with Crippen LogP contribution in [0.3, 0.4) is 0 Å². The largest absolute Gasteiger partial charge is 0.490 e. The summed E-state index contributed by atoms with van der Waals surface area (Å²) in [5, 5.41) is 0. The quantitative estimate of drug-likeness (QED) is 0.797. The molecule has 0 radical (unpaired) electrons. The Labute approximate surface area is 123 Å². The summed E-state index contributed by atoms with van der Waals surface area (Å²) in [4.78, 5) is 0. The molecule has 1 fully saturated rings. The number of rotatable bonds is 4. The van der Waals surface area contributed by atoms with Gasteiger partial charge in [-0.05, 0) is 30.0 Å². The first-order chi connectivity index (χ1) is 9.91. The fourth-order valence-corrected chi connectivity index (χ4v) is 2.39. The van der Waals surface area contributed by atoms with Gasteiger partial charge in [0.25, 0.3) is 0 Å². The number of halogens is 3. The molecule has 1 aliphatic rings. The highest BCUT2D eigenvalue weighted by Crippen LogP contribution is 2.39. The molecule has 1 aromatic carbocycles. The number of ether oxygens (including phenoxy) is 2. The van der Waals surface area contributed by atoms with Gasteiger partial charge in [0.2, 0.25) is 0 Å². The minimum absolute atomic E-state index is 0.0681.